The number of hydrogen-bond donors (Lipinski definition) is 1. The number of benzene rings is 1. The van der Waals surface area contributed by atoms with Gasteiger partial charge >= 0.3 is 5.97 Å². The van der Waals surface area contributed by atoms with E-state index >= 15 is 0 Å². The van der Waals surface area contributed by atoms with Crippen LogP contribution in [0.15, 0.2) is 29.2 Å². The minimum absolute atomic E-state index is 0.108. The van der Waals surface area contributed by atoms with Gasteiger partial charge in [0.2, 0.25) is 0 Å². The number of carbonyl (C=O) groups is 1. The van der Waals surface area contributed by atoms with E-state index in [-0.39, 0.29) is 5.97 Å². The van der Waals surface area contributed by atoms with Crippen molar-refractivity contribution in [1.29, 1.82) is 0 Å². The summed E-state index contributed by atoms with van der Waals surface area (Å²) in [6, 6.07) is 8.51. The number of rotatable bonds is 8. The SMILES string of the molecule is CCOC(=O)CCCNCc1ccc(SC)cc1. The summed E-state index contributed by atoms with van der Waals surface area (Å²) in [7, 11) is 0. The number of hydrogen-bond acceptors (Lipinski definition) is 4. The number of carbonyl (C=O) groups excluding carboxylic acids is 1. The van der Waals surface area contributed by atoms with Crippen LogP contribution in [0.2, 0.25) is 0 Å². The van der Waals surface area contributed by atoms with Gasteiger partial charge in [0, 0.05) is 17.9 Å². The Bertz CT molecular complexity index is 351. The quantitative estimate of drug-likeness (QED) is 0.446. The zero-order chi connectivity index (χ0) is 13.2. The maximum Gasteiger partial charge on any atom is 0.305 e. The summed E-state index contributed by atoms with van der Waals surface area (Å²) in [5.74, 6) is -0.108. The summed E-state index contributed by atoms with van der Waals surface area (Å²) in [6.07, 6.45) is 3.39. The first-order valence-corrected chi connectivity index (χ1v) is 7.48. The van der Waals surface area contributed by atoms with Crippen LogP contribution < -0.4 is 5.32 Å². The van der Waals surface area contributed by atoms with Gasteiger partial charge in [-0.15, -0.1) is 11.8 Å². The van der Waals surface area contributed by atoms with Crippen LogP contribution in [0.5, 0.6) is 0 Å². The Hall–Kier alpha value is -1.00. The van der Waals surface area contributed by atoms with Gasteiger partial charge in [-0.05, 0) is 43.8 Å². The van der Waals surface area contributed by atoms with Crippen LogP contribution >= 0.6 is 11.8 Å². The van der Waals surface area contributed by atoms with Gasteiger partial charge in [0.15, 0.2) is 0 Å². The molecule has 1 aromatic rings. The summed E-state index contributed by atoms with van der Waals surface area (Å²) >= 11 is 1.75. The second-order valence-electron chi connectivity index (χ2n) is 3.93. The molecule has 0 saturated carbocycles. The third-order valence-electron chi connectivity index (χ3n) is 2.53. The van der Waals surface area contributed by atoms with E-state index in [4.69, 9.17) is 4.74 Å². The van der Waals surface area contributed by atoms with E-state index in [1.807, 2.05) is 6.92 Å². The van der Waals surface area contributed by atoms with Crippen LogP contribution in [-0.4, -0.2) is 25.4 Å². The van der Waals surface area contributed by atoms with Crippen LogP contribution in [0.25, 0.3) is 0 Å². The molecule has 0 spiro atoms. The monoisotopic (exact) mass is 267 g/mol. The Labute approximate surface area is 113 Å². The van der Waals surface area contributed by atoms with Gasteiger partial charge in [-0.2, -0.15) is 0 Å². The highest BCUT2D eigenvalue weighted by atomic mass is 32.2. The van der Waals surface area contributed by atoms with E-state index in [0.29, 0.717) is 13.0 Å². The van der Waals surface area contributed by atoms with Gasteiger partial charge < -0.3 is 10.1 Å². The number of ether oxygens (including phenoxy) is 1. The van der Waals surface area contributed by atoms with Gasteiger partial charge in [0.1, 0.15) is 0 Å². The predicted octanol–water partition coefficient (Wildman–Crippen LogP) is 2.84. The van der Waals surface area contributed by atoms with Gasteiger partial charge in [-0.1, -0.05) is 12.1 Å². The lowest BCUT2D eigenvalue weighted by Crippen LogP contribution is -2.16. The van der Waals surface area contributed by atoms with Gasteiger partial charge in [-0.25, -0.2) is 0 Å². The van der Waals surface area contributed by atoms with E-state index in [1.54, 1.807) is 11.8 Å². The Morgan fingerprint density at radius 3 is 2.67 bits per heavy atom. The molecule has 0 unspecified atom stereocenters. The summed E-state index contributed by atoms with van der Waals surface area (Å²) in [6.45, 7) is 3.98. The molecule has 0 radical (unpaired) electrons. The smallest absolute Gasteiger partial charge is 0.305 e. The molecule has 0 bridgehead atoms. The third kappa shape index (κ3) is 6.07. The van der Waals surface area contributed by atoms with E-state index in [2.05, 4.69) is 35.8 Å². The fraction of sp³-hybridized carbons (Fsp3) is 0.500. The van der Waals surface area contributed by atoms with Crippen LogP contribution in [0.4, 0.5) is 0 Å². The van der Waals surface area contributed by atoms with Gasteiger partial charge in [0.25, 0.3) is 0 Å². The molecule has 0 saturated heterocycles. The summed E-state index contributed by atoms with van der Waals surface area (Å²) in [4.78, 5) is 12.4. The van der Waals surface area contributed by atoms with E-state index in [0.717, 1.165) is 19.5 Å². The molecule has 0 aliphatic carbocycles. The standard InChI is InChI=1S/C14H21NO2S/c1-3-17-14(16)5-4-10-15-11-12-6-8-13(18-2)9-7-12/h6-9,15H,3-5,10-11H2,1-2H3. The lowest BCUT2D eigenvalue weighted by Gasteiger charge is -2.05. The largest absolute Gasteiger partial charge is 0.466 e. The molecule has 1 rings (SSSR count). The van der Waals surface area contributed by atoms with Crippen molar-refractivity contribution in [2.75, 3.05) is 19.4 Å². The molecule has 0 atom stereocenters. The average Bonchev–Trinajstić information content (AvgIpc) is 2.39. The fourth-order valence-electron chi connectivity index (χ4n) is 1.57. The van der Waals surface area contributed by atoms with Crippen molar-refractivity contribution in [3.8, 4) is 0 Å². The Balaban J connectivity index is 2.12. The lowest BCUT2D eigenvalue weighted by molar-refractivity contribution is -0.143. The topological polar surface area (TPSA) is 38.3 Å². The molecule has 0 amide bonds. The molecule has 3 nitrogen and oxygen atoms in total. The van der Waals surface area contributed by atoms with Gasteiger partial charge in [0.05, 0.1) is 6.61 Å². The Morgan fingerprint density at radius 1 is 1.33 bits per heavy atom. The first-order chi connectivity index (χ1) is 8.76. The number of nitrogens with one attached hydrogen (secondary N) is 1. The molecular weight excluding hydrogens is 246 g/mol. The summed E-state index contributed by atoms with van der Waals surface area (Å²) in [5, 5.41) is 3.32. The normalized spacial score (nSPS) is 10.3. The van der Waals surface area contributed by atoms with E-state index < -0.39 is 0 Å². The maximum absolute atomic E-state index is 11.1. The number of thioether (sulfide) groups is 1. The molecule has 1 N–H and O–H groups in total. The highest BCUT2D eigenvalue weighted by Crippen LogP contribution is 2.14. The molecule has 0 fully saturated rings. The second-order valence-corrected chi connectivity index (χ2v) is 4.81. The first kappa shape index (κ1) is 15.1. The molecule has 1 aromatic carbocycles. The molecule has 0 aromatic heterocycles. The highest BCUT2D eigenvalue weighted by molar-refractivity contribution is 7.98. The average molecular weight is 267 g/mol. The highest BCUT2D eigenvalue weighted by Gasteiger charge is 2.00. The van der Waals surface area contributed by atoms with Gasteiger partial charge in [-0.3, -0.25) is 4.79 Å². The maximum atomic E-state index is 11.1. The fourth-order valence-corrected chi connectivity index (χ4v) is 1.98. The molecule has 0 heterocycles. The molecule has 100 valence electrons. The third-order valence-corrected chi connectivity index (χ3v) is 3.27. The van der Waals surface area contributed by atoms with Crippen molar-refractivity contribution < 1.29 is 9.53 Å². The van der Waals surface area contributed by atoms with Crippen molar-refractivity contribution in [3.05, 3.63) is 29.8 Å². The zero-order valence-corrected chi connectivity index (χ0v) is 11.9. The molecular formula is C14H21NO2S. The van der Waals surface area contributed by atoms with Crippen LogP contribution in [0.3, 0.4) is 0 Å². The molecule has 0 aliphatic rings. The van der Waals surface area contributed by atoms with Crippen molar-refractivity contribution in [2.24, 2.45) is 0 Å². The van der Waals surface area contributed by atoms with Crippen molar-refractivity contribution >= 4 is 17.7 Å². The zero-order valence-electron chi connectivity index (χ0n) is 11.1. The summed E-state index contributed by atoms with van der Waals surface area (Å²) in [5.41, 5.74) is 1.27. The summed E-state index contributed by atoms with van der Waals surface area (Å²) < 4.78 is 4.86. The number of esters is 1. The minimum atomic E-state index is -0.108. The first-order valence-electron chi connectivity index (χ1n) is 6.25. The molecule has 0 aliphatic heterocycles. The molecule has 18 heavy (non-hydrogen) atoms. The molecule has 4 heteroatoms. The van der Waals surface area contributed by atoms with Crippen LogP contribution in [0, 0.1) is 0 Å². The minimum Gasteiger partial charge on any atom is -0.466 e. The second kappa shape index (κ2) is 9.00. The van der Waals surface area contributed by atoms with Crippen LogP contribution in [0.1, 0.15) is 25.3 Å². The lowest BCUT2D eigenvalue weighted by atomic mass is 10.2. The van der Waals surface area contributed by atoms with Crippen LogP contribution in [-0.2, 0) is 16.1 Å². The van der Waals surface area contributed by atoms with Crippen molar-refractivity contribution in [1.82, 2.24) is 5.32 Å². The van der Waals surface area contributed by atoms with E-state index in [1.165, 1.54) is 10.5 Å². The Kier molecular flexibility index (Phi) is 7.53. The Morgan fingerprint density at radius 2 is 2.06 bits per heavy atom. The predicted molar refractivity (Wildman–Crippen MR) is 75.8 cm³/mol. The van der Waals surface area contributed by atoms with E-state index in [9.17, 15) is 4.79 Å². The van der Waals surface area contributed by atoms with Crippen molar-refractivity contribution in [2.45, 2.75) is 31.2 Å². The van der Waals surface area contributed by atoms with Crippen molar-refractivity contribution in [3.63, 3.8) is 0 Å².